The van der Waals surface area contributed by atoms with Gasteiger partial charge in [-0.3, -0.25) is 4.79 Å². The van der Waals surface area contributed by atoms with E-state index in [1.54, 1.807) is 0 Å². The highest BCUT2D eigenvalue weighted by atomic mass is 16.5. The topological polar surface area (TPSA) is 92.8 Å². The highest BCUT2D eigenvalue weighted by Gasteiger charge is 2.16. The number of aliphatic hydroxyl groups excluding tert-OH is 2. The first-order valence-electron chi connectivity index (χ1n) is 3.46. The van der Waals surface area contributed by atoms with Gasteiger partial charge in [-0.25, -0.2) is 0 Å². The Hall–Kier alpha value is -1.07. The van der Waals surface area contributed by atoms with Crippen molar-refractivity contribution < 1.29 is 19.7 Å². The van der Waals surface area contributed by atoms with Crippen LogP contribution in [0.1, 0.15) is 6.42 Å². The summed E-state index contributed by atoms with van der Waals surface area (Å²) >= 11 is 0. The smallest absolute Gasteiger partial charge is 0.247 e. The lowest BCUT2D eigenvalue weighted by Gasteiger charge is -2.12. The zero-order valence-corrected chi connectivity index (χ0v) is 6.69. The average Bonchev–Trinajstić information content (AvgIpc) is 1.96. The molecule has 0 bridgehead atoms. The Morgan fingerprint density at radius 3 is 2.58 bits per heavy atom. The Morgan fingerprint density at radius 1 is 1.67 bits per heavy atom. The summed E-state index contributed by atoms with van der Waals surface area (Å²) in [5.41, 5.74) is 4.93. The number of ether oxygens (including phenoxy) is 1. The highest BCUT2D eigenvalue weighted by molar-refractivity contribution is 5.79. The molecular formula is C7H13NO4. The van der Waals surface area contributed by atoms with E-state index in [0.717, 1.165) is 0 Å². The molecule has 1 amide bonds. The second kappa shape index (κ2) is 5.56. The van der Waals surface area contributed by atoms with E-state index < -0.39 is 12.0 Å². The van der Waals surface area contributed by atoms with Gasteiger partial charge in [0.1, 0.15) is 6.10 Å². The third-order valence-corrected chi connectivity index (χ3v) is 1.15. The molecule has 4 N–H and O–H groups in total. The van der Waals surface area contributed by atoms with Crippen LogP contribution in [-0.2, 0) is 9.53 Å². The molecule has 1 unspecified atom stereocenters. The molecule has 0 aliphatic rings. The van der Waals surface area contributed by atoms with Crippen LogP contribution in [0.4, 0.5) is 0 Å². The average molecular weight is 175 g/mol. The predicted molar refractivity (Wildman–Crippen MR) is 42.4 cm³/mol. The fraction of sp³-hybridized carbons (Fsp3) is 0.571. The summed E-state index contributed by atoms with van der Waals surface area (Å²) in [5.74, 6) is -0.851. The molecule has 5 heteroatoms. The van der Waals surface area contributed by atoms with Crippen molar-refractivity contribution in [1.29, 1.82) is 0 Å². The van der Waals surface area contributed by atoms with Crippen molar-refractivity contribution in [2.45, 2.75) is 12.5 Å². The standard InChI is InChI=1S/C7H13NO4/c1-5(10)4-6(7(8)11)12-3-2-9/h6,9-10H,1-4H2,(H2,8,11). The zero-order valence-electron chi connectivity index (χ0n) is 6.69. The van der Waals surface area contributed by atoms with Crippen LogP contribution >= 0.6 is 0 Å². The molecule has 12 heavy (non-hydrogen) atoms. The van der Waals surface area contributed by atoms with Crippen LogP contribution in [0, 0.1) is 0 Å². The summed E-state index contributed by atoms with van der Waals surface area (Å²) in [6.45, 7) is 3.01. The van der Waals surface area contributed by atoms with Crippen molar-refractivity contribution in [3.63, 3.8) is 0 Å². The van der Waals surface area contributed by atoms with E-state index in [-0.39, 0.29) is 25.4 Å². The highest BCUT2D eigenvalue weighted by Crippen LogP contribution is 2.03. The van der Waals surface area contributed by atoms with Gasteiger partial charge in [0.25, 0.3) is 0 Å². The molecule has 5 nitrogen and oxygen atoms in total. The number of hydrogen-bond donors (Lipinski definition) is 3. The Bertz CT molecular complexity index is 169. The van der Waals surface area contributed by atoms with Crippen LogP contribution in [0.5, 0.6) is 0 Å². The summed E-state index contributed by atoms with van der Waals surface area (Å²) < 4.78 is 4.82. The minimum atomic E-state index is -0.908. The summed E-state index contributed by atoms with van der Waals surface area (Å²) in [4.78, 5) is 10.6. The predicted octanol–water partition coefficient (Wildman–Crippen LogP) is -0.689. The molecule has 0 heterocycles. The van der Waals surface area contributed by atoms with Gasteiger partial charge >= 0.3 is 0 Å². The molecule has 0 aliphatic heterocycles. The Labute approximate surface area is 70.4 Å². The molecule has 0 aromatic carbocycles. The van der Waals surface area contributed by atoms with Crippen LogP contribution in [0.2, 0.25) is 0 Å². The fourth-order valence-corrected chi connectivity index (χ4v) is 0.651. The van der Waals surface area contributed by atoms with Crippen LogP contribution in [-0.4, -0.2) is 35.4 Å². The minimum Gasteiger partial charge on any atom is -0.513 e. The summed E-state index contributed by atoms with van der Waals surface area (Å²) in [7, 11) is 0. The Balaban J connectivity index is 3.87. The maximum absolute atomic E-state index is 10.6. The fourth-order valence-electron chi connectivity index (χ4n) is 0.651. The van der Waals surface area contributed by atoms with E-state index in [1.165, 1.54) is 0 Å². The number of primary amides is 1. The SMILES string of the molecule is C=C(O)CC(OCCO)C(N)=O. The molecule has 0 spiro atoms. The van der Waals surface area contributed by atoms with Gasteiger partial charge in [-0.1, -0.05) is 6.58 Å². The quantitative estimate of drug-likeness (QED) is 0.466. The molecule has 0 rings (SSSR count). The van der Waals surface area contributed by atoms with Gasteiger partial charge in [-0.2, -0.15) is 0 Å². The normalized spacial score (nSPS) is 12.4. The van der Waals surface area contributed by atoms with Crippen LogP contribution in [0.15, 0.2) is 12.3 Å². The lowest BCUT2D eigenvalue weighted by atomic mass is 10.2. The molecule has 70 valence electrons. The molecule has 0 saturated carbocycles. The second-order valence-electron chi connectivity index (χ2n) is 2.26. The first-order valence-corrected chi connectivity index (χ1v) is 3.46. The van der Waals surface area contributed by atoms with Crippen molar-refractivity contribution >= 4 is 5.91 Å². The van der Waals surface area contributed by atoms with Gasteiger partial charge in [-0.05, 0) is 0 Å². The Kier molecular flexibility index (Phi) is 5.07. The second-order valence-corrected chi connectivity index (χ2v) is 2.26. The van der Waals surface area contributed by atoms with Gasteiger partial charge in [0.2, 0.25) is 5.91 Å². The summed E-state index contributed by atoms with van der Waals surface area (Å²) in [6, 6.07) is 0. The first-order chi connectivity index (χ1) is 5.57. The van der Waals surface area contributed by atoms with Crippen molar-refractivity contribution in [2.24, 2.45) is 5.73 Å². The van der Waals surface area contributed by atoms with E-state index in [0.29, 0.717) is 0 Å². The zero-order chi connectivity index (χ0) is 9.56. The molecule has 0 saturated heterocycles. The van der Waals surface area contributed by atoms with Gasteiger partial charge in [0.05, 0.1) is 19.0 Å². The van der Waals surface area contributed by atoms with Crippen molar-refractivity contribution in [2.75, 3.05) is 13.2 Å². The molecule has 0 aliphatic carbocycles. The van der Waals surface area contributed by atoms with Crippen molar-refractivity contribution in [3.05, 3.63) is 12.3 Å². The Morgan fingerprint density at radius 2 is 2.25 bits per heavy atom. The minimum absolute atomic E-state index is 0.0148. The van der Waals surface area contributed by atoms with Crippen LogP contribution in [0.3, 0.4) is 0 Å². The number of amides is 1. The van der Waals surface area contributed by atoms with Crippen LogP contribution < -0.4 is 5.73 Å². The lowest BCUT2D eigenvalue weighted by molar-refractivity contribution is -0.130. The maximum atomic E-state index is 10.6. The van der Waals surface area contributed by atoms with Gasteiger partial charge in [0, 0.05) is 6.42 Å². The van der Waals surface area contributed by atoms with E-state index in [9.17, 15) is 4.79 Å². The molecule has 0 fully saturated rings. The number of hydrogen-bond acceptors (Lipinski definition) is 4. The van der Waals surface area contributed by atoms with E-state index in [4.69, 9.17) is 20.7 Å². The third kappa shape index (κ3) is 4.70. The number of nitrogens with two attached hydrogens (primary N) is 1. The molecular weight excluding hydrogens is 162 g/mol. The summed E-state index contributed by atoms with van der Waals surface area (Å²) in [5, 5.41) is 17.1. The lowest BCUT2D eigenvalue weighted by Crippen LogP contribution is -2.32. The van der Waals surface area contributed by atoms with Crippen molar-refractivity contribution in [3.8, 4) is 0 Å². The van der Waals surface area contributed by atoms with E-state index >= 15 is 0 Å². The van der Waals surface area contributed by atoms with E-state index in [2.05, 4.69) is 6.58 Å². The van der Waals surface area contributed by atoms with Crippen molar-refractivity contribution in [1.82, 2.24) is 0 Å². The monoisotopic (exact) mass is 175 g/mol. The molecule has 0 aromatic rings. The number of aliphatic hydroxyl groups is 2. The van der Waals surface area contributed by atoms with Gasteiger partial charge < -0.3 is 20.7 Å². The van der Waals surface area contributed by atoms with Gasteiger partial charge in [0.15, 0.2) is 0 Å². The number of carbonyl (C=O) groups is 1. The number of carbonyl (C=O) groups excluding carboxylic acids is 1. The number of rotatable bonds is 6. The first kappa shape index (κ1) is 10.9. The largest absolute Gasteiger partial charge is 0.513 e. The summed E-state index contributed by atoms with van der Waals surface area (Å²) in [6.07, 6.45) is -0.940. The van der Waals surface area contributed by atoms with E-state index in [1.807, 2.05) is 0 Å². The molecule has 0 radical (unpaired) electrons. The molecule has 0 aromatic heterocycles. The van der Waals surface area contributed by atoms with Crippen LogP contribution in [0.25, 0.3) is 0 Å². The molecule has 1 atom stereocenters. The maximum Gasteiger partial charge on any atom is 0.247 e. The third-order valence-electron chi connectivity index (χ3n) is 1.15. The van der Waals surface area contributed by atoms with Gasteiger partial charge in [-0.15, -0.1) is 0 Å².